The minimum atomic E-state index is 0.436. The number of hydrogen-bond acceptors (Lipinski definition) is 17. The van der Waals surface area contributed by atoms with Crippen LogP contribution < -0.4 is 14.2 Å². The third-order valence-corrected chi connectivity index (χ3v) is 13.6. The van der Waals surface area contributed by atoms with E-state index in [2.05, 4.69) is 127 Å². The maximum Gasteiger partial charge on any atom is 0.134 e. The van der Waals surface area contributed by atoms with E-state index in [1.54, 1.807) is 21.3 Å². The lowest BCUT2D eigenvalue weighted by Crippen LogP contribution is -2.15. The summed E-state index contributed by atoms with van der Waals surface area (Å²) in [5.74, 6) is 16.1. The summed E-state index contributed by atoms with van der Waals surface area (Å²) < 4.78 is 94.1. The highest BCUT2D eigenvalue weighted by atomic mass is 16.6. The lowest BCUT2D eigenvalue weighted by Gasteiger charge is -2.12. The Bertz CT molecular complexity index is 2960. The van der Waals surface area contributed by atoms with Gasteiger partial charge >= 0.3 is 0 Å². The molecule has 0 unspecified atom stereocenters. The van der Waals surface area contributed by atoms with E-state index in [0.29, 0.717) is 185 Å². The Balaban J connectivity index is 0.779. The van der Waals surface area contributed by atoms with Crippen LogP contribution in [0.25, 0.3) is 43.8 Å². The first kappa shape index (κ1) is 70.5. The standard InChI is InChI=1S/C73H88O17/c1-74-30-32-77-34-36-79-38-40-81-42-44-83-46-48-85-50-52-87-54-56-89-67-26-22-63(23-27-67)61-16-10-59(11-17-61)14-20-65-6-4-8-69-71(65)58-72-66(7-5-9-70(72)73(69)76-3)21-15-60-12-18-62(19-13-60)64-24-28-68(29-25-64)90-57-55-88-53-51-86-49-47-84-45-43-82-41-39-80-37-35-78-33-31-75-2/h4-13,16-19,22-29,58H,30-57H2,1-3H3. The first-order valence-electron chi connectivity index (χ1n) is 30.8. The molecule has 0 spiro atoms. The molecule has 0 heterocycles. The zero-order valence-corrected chi connectivity index (χ0v) is 52.5. The van der Waals surface area contributed by atoms with Crippen molar-refractivity contribution in [3.05, 3.63) is 162 Å². The number of hydrogen-bond donors (Lipinski definition) is 0. The van der Waals surface area contributed by atoms with Crippen molar-refractivity contribution in [2.45, 2.75) is 0 Å². The van der Waals surface area contributed by atoms with Crippen LogP contribution in [0.2, 0.25) is 0 Å². The highest BCUT2D eigenvalue weighted by Crippen LogP contribution is 2.37. The molecule has 482 valence electrons. The van der Waals surface area contributed by atoms with Crippen LogP contribution >= 0.6 is 0 Å². The van der Waals surface area contributed by atoms with Crippen LogP contribution in [0, 0.1) is 23.7 Å². The predicted octanol–water partition coefficient (Wildman–Crippen LogP) is 10.4. The number of fused-ring (bicyclic) bond motifs is 2. The van der Waals surface area contributed by atoms with Crippen molar-refractivity contribution in [2.75, 3.05) is 206 Å². The molecule has 7 aromatic rings. The Hall–Kier alpha value is -6.98. The molecule has 0 aliphatic rings. The fraction of sp³-hybridized carbons (Fsp3) is 0.425. The lowest BCUT2D eigenvalue weighted by atomic mass is 9.95. The van der Waals surface area contributed by atoms with Crippen molar-refractivity contribution in [2.24, 2.45) is 0 Å². The van der Waals surface area contributed by atoms with Crippen molar-refractivity contribution in [3.63, 3.8) is 0 Å². The molecule has 17 heteroatoms. The molecule has 0 saturated carbocycles. The lowest BCUT2D eigenvalue weighted by molar-refractivity contribution is -0.0199. The Labute approximate surface area is 531 Å². The third-order valence-electron chi connectivity index (χ3n) is 13.6. The second-order valence-corrected chi connectivity index (χ2v) is 19.9. The molecule has 0 saturated heterocycles. The second-order valence-electron chi connectivity index (χ2n) is 19.9. The van der Waals surface area contributed by atoms with Gasteiger partial charge in [0.1, 0.15) is 30.5 Å². The third kappa shape index (κ3) is 26.8. The molecule has 17 nitrogen and oxygen atoms in total. The van der Waals surface area contributed by atoms with E-state index in [-0.39, 0.29) is 0 Å². The van der Waals surface area contributed by atoms with Crippen LogP contribution in [0.5, 0.6) is 17.2 Å². The van der Waals surface area contributed by atoms with Gasteiger partial charge in [0.05, 0.1) is 179 Å². The fourth-order valence-corrected chi connectivity index (χ4v) is 8.95. The van der Waals surface area contributed by atoms with Gasteiger partial charge in [-0.05, 0) is 89.0 Å². The van der Waals surface area contributed by atoms with E-state index in [9.17, 15) is 0 Å². The Morgan fingerprint density at radius 3 is 0.767 bits per heavy atom. The van der Waals surface area contributed by atoms with Crippen LogP contribution in [0.3, 0.4) is 0 Å². The molecule has 0 N–H and O–H groups in total. The highest BCUT2D eigenvalue weighted by molar-refractivity contribution is 6.09. The zero-order chi connectivity index (χ0) is 62.6. The van der Waals surface area contributed by atoms with Crippen LogP contribution in [-0.4, -0.2) is 206 Å². The maximum atomic E-state index is 6.09. The number of benzene rings is 7. The topological polar surface area (TPSA) is 157 Å². The summed E-state index contributed by atoms with van der Waals surface area (Å²) in [7, 11) is 5.01. The van der Waals surface area contributed by atoms with Crippen LogP contribution in [0.4, 0.5) is 0 Å². The molecule has 0 atom stereocenters. The van der Waals surface area contributed by atoms with E-state index in [1.165, 1.54) is 0 Å². The van der Waals surface area contributed by atoms with Gasteiger partial charge in [-0.15, -0.1) is 0 Å². The molecule has 0 aliphatic heterocycles. The number of rotatable bonds is 47. The van der Waals surface area contributed by atoms with E-state index < -0.39 is 0 Å². The summed E-state index contributed by atoms with van der Waals surface area (Å²) in [6, 6.07) is 47.2. The van der Waals surface area contributed by atoms with Gasteiger partial charge in [-0.25, -0.2) is 0 Å². The van der Waals surface area contributed by atoms with Gasteiger partial charge in [0.25, 0.3) is 0 Å². The molecule has 0 bridgehead atoms. The van der Waals surface area contributed by atoms with Gasteiger partial charge in [-0.2, -0.15) is 0 Å². The quantitative estimate of drug-likeness (QED) is 0.0201. The van der Waals surface area contributed by atoms with Crippen molar-refractivity contribution in [1.82, 2.24) is 0 Å². The molecule has 7 rings (SSSR count). The molecular formula is C73H88O17. The predicted molar refractivity (Wildman–Crippen MR) is 348 cm³/mol. The fourth-order valence-electron chi connectivity index (χ4n) is 8.95. The van der Waals surface area contributed by atoms with Gasteiger partial charge in [-0.1, -0.05) is 96.5 Å². The molecular weight excluding hydrogens is 1150 g/mol. The number of ether oxygens (including phenoxy) is 17. The summed E-state index contributed by atoms with van der Waals surface area (Å²) in [5.41, 5.74) is 7.94. The van der Waals surface area contributed by atoms with E-state index in [0.717, 1.165) is 83.3 Å². The normalized spacial score (nSPS) is 11.2. The van der Waals surface area contributed by atoms with Crippen molar-refractivity contribution < 1.29 is 80.5 Å². The van der Waals surface area contributed by atoms with Gasteiger partial charge in [0.15, 0.2) is 0 Å². The summed E-state index contributed by atoms with van der Waals surface area (Å²) in [6.07, 6.45) is 0. The first-order valence-corrected chi connectivity index (χ1v) is 30.8. The van der Waals surface area contributed by atoms with Crippen molar-refractivity contribution >= 4 is 21.5 Å². The zero-order valence-electron chi connectivity index (χ0n) is 52.5. The minimum Gasteiger partial charge on any atom is -0.495 e. The summed E-state index contributed by atoms with van der Waals surface area (Å²) in [4.78, 5) is 0. The smallest absolute Gasteiger partial charge is 0.134 e. The second kappa shape index (κ2) is 44.5. The van der Waals surface area contributed by atoms with Crippen molar-refractivity contribution in [1.29, 1.82) is 0 Å². The Morgan fingerprint density at radius 2 is 0.500 bits per heavy atom. The number of methoxy groups -OCH3 is 3. The van der Waals surface area contributed by atoms with Crippen LogP contribution in [0.1, 0.15) is 22.3 Å². The molecule has 0 aliphatic carbocycles. The Kier molecular flexibility index (Phi) is 34.8. The monoisotopic (exact) mass is 1240 g/mol. The molecule has 0 fully saturated rings. The highest BCUT2D eigenvalue weighted by Gasteiger charge is 2.13. The van der Waals surface area contributed by atoms with Crippen LogP contribution in [0.15, 0.2) is 140 Å². The van der Waals surface area contributed by atoms with Crippen LogP contribution in [-0.2, 0) is 66.3 Å². The summed E-state index contributed by atoms with van der Waals surface area (Å²) >= 11 is 0. The minimum absolute atomic E-state index is 0.436. The van der Waals surface area contributed by atoms with E-state index in [4.69, 9.17) is 80.5 Å². The molecule has 0 radical (unpaired) electrons. The van der Waals surface area contributed by atoms with Gasteiger partial charge in [-0.3, -0.25) is 0 Å². The SMILES string of the molecule is COCCOCCOCCOCCOCCOCCOCCOc1ccc(-c2ccc(C#Cc3cccc4c(OC)c5cccc(C#Cc6ccc(-c7ccc(OCCOCCOCCOCCOCCOCCOCCOC)cc7)cc6)c5cc34)cc2)cc1. The molecule has 7 aromatic carbocycles. The first-order chi connectivity index (χ1) is 44.6. The molecule has 0 aromatic heterocycles. The van der Waals surface area contributed by atoms with Gasteiger partial charge < -0.3 is 80.5 Å². The van der Waals surface area contributed by atoms with Gasteiger partial charge in [0.2, 0.25) is 0 Å². The average molecular weight is 1240 g/mol. The van der Waals surface area contributed by atoms with Crippen molar-refractivity contribution in [3.8, 4) is 63.2 Å². The maximum absolute atomic E-state index is 6.09. The Morgan fingerprint density at radius 1 is 0.244 bits per heavy atom. The average Bonchev–Trinajstić information content (AvgIpc) is 0.801. The van der Waals surface area contributed by atoms with E-state index in [1.807, 2.05) is 36.4 Å². The molecule has 0 amide bonds. The van der Waals surface area contributed by atoms with Gasteiger partial charge in [0, 0.05) is 58.0 Å². The summed E-state index contributed by atoms with van der Waals surface area (Å²) in [5, 5.41) is 3.97. The summed E-state index contributed by atoms with van der Waals surface area (Å²) in [6.45, 7) is 14.2. The largest absolute Gasteiger partial charge is 0.495 e. The molecule has 90 heavy (non-hydrogen) atoms. The van der Waals surface area contributed by atoms with E-state index >= 15 is 0 Å².